The molecule has 0 bridgehead atoms. The normalized spacial score (nSPS) is 11.8. The van der Waals surface area contributed by atoms with Gasteiger partial charge in [0.1, 0.15) is 5.60 Å². The average Bonchev–Trinajstić information content (AvgIpc) is 2.65. The molecule has 0 saturated heterocycles. The molecule has 17 heavy (non-hydrogen) atoms. The minimum Gasteiger partial charge on any atom is -0.384 e. The zero-order valence-electron chi connectivity index (χ0n) is 9.89. The quantitative estimate of drug-likeness (QED) is 0.945. The fourth-order valence-corrected chi connectivity index (χ4v) is 2.23. The highest BCUT2D eigenvalue weighted by atomic mass is 79.9. The predicted octanol–water partition coefficient (Wildman–Crippen LogP) is 2.92. The van der Waals surface area contributed by atoms with Crippen molar-refractivity contribution in [3.05, 3.63) is 52.3 Å². The van der Waals surface area contributed by atoms with E-state index in [-0.39, 0.29) is 0 Å². The molecular formula is C13H15BrN2O. The van der Waals surface area contributed by atoms with Crippen LogP contribution in [-0.2, 0) is 12.1 Å². The molecular weight excluding hydrogens is 280 g/mol. The molecule has 0 saturated carbocycles. The summed E-state index contributed by atoms with van der Waals surface area (Å²) in [6, 6.07) is 9.92. The van der Waals surface area contributed by atoms with Crippen molar-refractivity contribution in [2.45, 2.75) is 26.0 Å². The first-order valence-electron chi connectivity index (χ1n) is 5.46. The smallest absolute Gasteiger partial charge is 0.101 e. The number of aliphatic hydroxyl groups is 1. The lowest BCUT2D eigenvalue weighted by Gasteiger charge is -2.19. The van der Waals surface area contributed by atoms with Gasteiger partial charge in [-0.3, -0.25) is 4.68 Å². The van der Waals surface area contributed by atoms with Gasteiger partial charge >= 0.3 is 0 Å². The highest BCUT2D eigenvalue weighted by Gasteiger charge is 2.20. The van der Waals surface area contributed by atoms with Crippen LogP contribution in [0.4, 0.5) is 0 Å². The van der Waals surface area contributed by atoms with E-state index in [1.165, 1.54) is 0 Å². The third-order valence-electron chi connectivity index (χ3n) is 2.56. The van der Waals surface area contributed by atoms with E-state index in [0.717, 1.165) is 15.7 Å². The molecule has 0 atom stereocenters. The van der Waals surface area contributed by atoms with Gasteiger partial charge in [-0.15, -0.1) is 0 Å². The van der Waals surface area contributed by atoms with Crippen molar-refractivity contribution in [3.63, 3.8) is 0 Å². The Kier molecular flexibility index (Phi) is 3.35. The fourth-order valence-electron chi connectivity index (χ4n) is 1.79. The summed E-state index contributed by atoms with van der Waals surface area (Å²) in [5, 5.41) is 14.3. The predicted molar refractivity (Wildman–Crippen MR) is 70.7 cm³/mol. The summed E-state index contributed by atoms with van der Waals surface area (Å²) in [6.07, 6.45) is 1.71. The minimum atomic E-state index is -0.873. The van der Waals surface area contributed by atoms with Gasteiger partial charge in [0.15, 0.2) is 0 Å². The highest BCUT2D eigenvalue weighted by molar-refractivity contribution is 9.10. The molecule has 1 aromatic heterocycles. The van der Waals surface area contributed by atoms with Crippen molar-refractivity contribution in [3.8, 4) is 0 Å². The third-order valence-corrected chi connectivity index (χ3v) is 3.06. The summed E-state index contributed by atoms with van der Waals surface area (Å²) < 4.78 is 2.87. The number of halogens is 1. The molecule has 1 N–H and O–H groups in total. The van der Waals surface area contributed by atoms with Gasteiger partial charge in [0.05, 0.1) is 12.2 Å². The number of benzene rings is 1. The van der Waals surface area contributed by atoms with Gasteiger partial charge in [-0.1, -0.05) is 28.1 Å². The molecule has 2 aromatic rings. The molecule has 0 radical (unpaired) electrons. The zero-order valence-corrected chi connectivity index (χ0v) is 11.5. The van der Waals surface area contributed by atoms with E-state index in [1.54, 1.807) is 20.0 Å². The van der Waals surface area contributed by atoms with Crippen LogP contribution >= 0.6 is 15.9 Å². The van der Waals surface area contributed by atoms with Crippen molar-refractivity contribution in [2.24, 2.45) is 0 Å². The molecule has 0 amide bonds. The third kappa shape index (κ3) is 2.96. The largest absolute Gasteiger partial charge is 0.384 e. The van der Waals surface area contributed by atoms with Crippen LogP contribution in [0.2, 0.25) is 0 Å². The summed E-state index contributed by atoms with van der Waals surface area (Å²) in [5.74, 6) is 0. The van der Waals surface area contributed by atoms with Crippen LogP contribution < -0.4 is 0 Å². The van der Waals surface area contributed by atoms with Gasteiger partial charge in [0.2, 0.25) is 0 Å². The Morgan fingerprint density at radius 3 is 2.76 bits per heavy atom. The maximum absolute atomic E-state index is 10.0. The average molecular weight is 295 g/mol. The zero-order chi connectivity index (χ0) is 12.5. The number of aromatic nitrogens is 2. The first-order chi connectivity index (χ1) is 7.97. The van der Waals surface area contributed by atoms with E-state index >= 15 is 0 Å². The first kappa shape index (κ1) is 12.3. The van der Waals surface area contributed by atoms with Crippen molar-refractivity contribution >= 4 is 15.9 Å². The van der Waals surface area contributed by atoms with Gasteiger partial charge in [0.25, 0.3) is 0 Å². The Hall–Kier alpha value is -1.13. The van der Waals surface area contributed by atoms with Gasteiger partial charge < -0.3 is 5.11 Å². The van der Waals surface area contributed by atoms with Crippen LogP contribution in [0.1, 0.15) is 25.1 Å². The molecule has 0 unspecified atom stereocenters. The Bertz CT molecular complexity index is 514. The Morgan fingerprint density at radius 1 is 1.35 bits per heavy atom. The molecule has 0 spiro atoms. The lowest BCUT2D eigenvalue weighted by Crippen LogP contribution is -2.21. The van der Waals surface area contributed by atoms with Crippen LogP contribution in [0, 0.1) is 0 Å². The molecule has 0 fully saturated rings. The maximum Gasteiger partial charge on any atom is 0.101 e. The molecule has 0 aliphatic rings. The molecule has 2 rings (SSSR count). The topological polar surface area (TPSA) is 38.1 Å². The maximum atomic E-state index is 10.0. The Balaban J connectivity index is 2.28. The fraction of sp³-hybridized carbons (Fsp3) is 0.308. The van der Waals surface area contributed by atoms with Crippen LogP contribution in [0.5, 0.6) is 0 Å². The Morgan fingerprint density at radius 2 is 2.12 bits per heavy atom. The number of hydrogen-bond donors (Lipinski definition) is 1. The van der Waals surface area contributed by atoms with Crippen molar-refractivity contribution < 1.29 is 5.11 Å². The van der Waals surface area contributed by atoms with E-state index in [1.807, 2.05) is 28.9 Å². The first-order valence-corrected chi connectivity index (χ1v) is 6.25. The second kappa shape index (κ2) is 4.63. The van der Waals surface area contributed by atoms with E-state index in [0.29, 0.717) is 6.54 Å². The van der Waals surface area contributed by atoms with Gasteiger partial charge in [-0.25, -0.2) is 0 Å². The van der Waals surface area contributed by atoms with Crippen LogP contribution in [0.15, 0.2) is 41.0 Å². The molecule has 1 aromatic carbocycles. The summed E-state index contributed by atoms with van der Waals surface area (Å²) in [4.78, 5) is 0. The molecule has 90 valence electrons. The summed E-state index contributed by atoms with van der Waals surface area (Å²) in [6.45, 7) is 4.19. The minimum absolute atomic E-state index is 0.658. The second-order valence-electron chi connectivity index (χ2n) is 4.56. The van der Waals surface area contributed by atoms with Crippen LogP contribution in [-0.4, -0.2) is 14.9 Å². The molecule has 0 aliphatic heterocycles. The summed E-state index contributed by atoms with van der Waals surface area (Å²) >= 11 is 3.45. The molecule has 3 nitrogen and oxygen atoms in total. The lowest BCUT2D eigenvalue weighted by atomic mass is 10.1. The molecule has 0 aliphatic carbocycles. The van der Waals surface area contributed by atoms with E-state index < -0.39 is 5.60 Å². The monoisotopic (exact) mass is 294 g/mol. The number of nitrogens with zero attached hydrogens (tertiary/aromatic N) is 2. The van der Waals surface area contributed by atoms with Crippen molar-refractivity contribution in [1.29, 1.82) is 0 Å². The van der Waals surface area contributed by atoms with Gasteiger partial charge in [-0.2, -0.15) is 5.10 Å². The summed E-state index contributed by atoms with van der Waals surface area (Å²) in [7, 11) is 0. The standard InChI is InChI=1S/C13H15BrN2O/c1-13(2,17)12-6-7-15-16(12)9-10-4-3-5-11(14)8-10/h3-8,17H,9H2,1-2H3. The van der Waals surface area contributed by atoms with E-state index in [4.69, 9.17) is 0 Å². The number of hydrogen-bond acceptors (Lipinski definition) is 2. The van der Waals surface area contributed by atoms with Gasteiger partial charge in [0, 0.05) is 10.7 Å². The van der Waals surface area contributed by atoms with Crippen molar-refractivity contribution in [1.82, 2.24) is 9.78 Å². The van der Waals surface area contributed by atoms with Crippen molar-refractivity contribution in [2.75, 3.05) is 0 Å². The van der Waals surface area contributed by atoms with E-state index in [9.17, 15) is 5.11 Å². The Labute approximate surface area is 109 Å². The number of rotatable bonds is 3. The van der Waals surface area contributed by atoms with Crippen LogP contribution in [0.3, 0.4) is 0 Å². The SMILES string of the molecule is CC(C)(O)c1ccnn1Cc1cccc(Br)c1. The molecule has 4 heteroatoms. The van der Waals surface area contributed by atoms with Crippen LogP contribution in [0.25, 0.3) is 0 Å². The molecule has 1 heterocycles. The highest BCUT2D eigenvalue weighted by Crippen LogP contribution is 2.20. The van der Waals surface area contributed by atoms with Gasteiger partial charge in [-0.05, 0) is 37.6 Å². The lowest BCUT2D eigenvalue weighted by molar-refractivity contribution is 0.0688. The summed E-state index contributed by atoms with van der Waals surface area (Å²) in [5.41, 5.74) is 1.09. The van der Waals surface area contributed by atoms with E-state index in [2.05, 4.69) is 27.1 Å². The second-order valence-corrected chi connectivity index (χ2v) is 5.48.